The lowest BCUT2D eigenvalue weighted by Gasteiger charge is -2.23. The van der Waals surface area contributed by atoms with Crippen LogP contribution in [0.25, 0.3) is 0 Å². The standard InChI is InChI=1S/C16H20N4O/c1-20-15(17)14(10-19-20)9-18-16(21)13-7-6-11-4-2-3-5-12(11)8-13/h2-5,10,13H,6-9,17H2,1H3,(H,18,21). The van der Waals surface area contributed by atoms with Crippen LogP contribution in [-0.4, -0.2) is 15.7 Å². The van der Waals surface area contributed by atoms with Crippen molar-refractivity contribution in [2.24, 2.45) is 13.0 Å². The summed E-state index contributed by atoms with van der Waals surface area (Å²) in [4.78, 5) is 12.3. The summed E-state index contributed by atoms with van der Waals surface area (Å²) in [5.41, 5.74) is 9.41. The molecule has 2 aromatic rings. The summed E-state index contributed by atoms with van der Waals surface area (Å²) in [6.07, 6.45) is 4.41. The number of hydrogen-bond acceptors (Lipinski definition) is 3. The number of amides is 1. The second kappa shape index (κ2) is 5.60. The number of nitrogens with zero attached hydrogens (tertiary/aromatic N) is 2. The molecule has 1 aromatic heterocycles. The summed E-state index contributed by atoms with van der Waals surface area (Å²) < 4.78 is 1.61. The van der Waals surface area contributed by atoms with Gasteiger partial charge in [-0.15, -0.1) is 0 Å². The van der Waals surface area contributed by atoms with Gasteiger partial charge in [0, 0.05) is 25.1 Å². The van der Waals surface area contributed by atoms with E-state index in [2.05, 4.69) is 28.6 Å². The molecule has 0 saturated carbocycles. The molecule has 0 spiro atoms. The number of rotatable bonds is 3. The first-order chi connectivity index (χ1) is 10.1. The van der Waals surface area contributed by atoms with E-state index in [9.17, 15) is 4.79 Å². The number of nitrogens with two attached hydrogens (primary N) is 1. The van der Waals surface area contributed by atoms with E-state index in [1.807, 2.05) is 6.07 Å². The normalized spacial score (nSPS) is 17.3. The minimum absolute atomic E-state index is 0.0535. The van der Waals surface area contributed by atoms with E-state index in [-0.39, 0.29) is 11.8 Å². The molecule has 0 radical (unpaired) electrons. The van der Waals surface area contributed by atoms with Crippen LogP contribution in [0.1, 0.15) is 23.1 Å². The Labute approximate surface area is 124 Å². The van der Waals surface area contributed by atoms with Gasteiger partial charge in [0.2, 0.25) is 5.91 Å². The molecule has 0 aliphatic heterocycles. The molecule has 0 bridgehead atoms. The number of hydrogen-bond donors (Lipinski definition) is 2. The van der Waals surface area contributed by atoms with Gasteiger partial charge in [0.25, 0.3) is 0 Å². The zero-order valence-electron chi connectivity index (χ0n) is 12.2. The molecule has 3 N–H and O–H groups in total. The number of carbonyl (C=O) groups is 1. The van der Waals surface area contributed by atoms with Gasteiger partial charge >= 0.3 is 0 Å². The Bertz CT molecular complexity index is 662. The second-order valence-corrected chi connectivity index (χ2v) is 5.60. The van der Waals surface area contributed by atoms with E-state index in [1.165, 1.54) is 11.1 Å². The molecule has 1 aliphatic carbocycles. The third-order valence-corrected chi connectivity index (χ3v) is 4.24. The Balaban J connectivity index is 1.61. The predicted octanol–water partition coefficient (Wildman–Crippen LogP) is 1.42. The molecule has 0 fully saturated rings. The maximum Gasteiger partial charge on any atom is 0.223 e. The molecule has 1 aromatic carbocycles. The van der Waals surface area contributed by atoms with Crippen molar-refractivity contribution in [1.29, 1.82) is 0 Å². The first-order valence-corrected chi connectivity index (χ1v) is 7.26. The van der Waals surface area contributed by atoms with Crippen molar-refractivity contribution in [2.45, 2.75) is 25.8 Å². The van der Waals surface area contributed by atoms with Crippen molar-refractivity contribution >= 4 is 11.7 Å². The molecule has 1 amide bonds. The van der Waals surface area contributed by atoms with E-state index in [0.717, 1.165) is 24.8 Å². The third kappa shape index (κ3) is 2.77. The van der Waals surface area contributed by atoms with Gasteiger partial charge in [-0.05, 0) is 30.4 Å². The molecule has 5 nitrogen and oxygen atoms in total. The van der Waals surface area contributed by atoms with Gasteiger partial charge in [0.05, 0.1) is 6.20 Å². The van der Waals surface area contributed by atoms with Crippen molar-refractivity contribution in [2.75, 3.05) is 5.73 Å². The minimum Gasteiger partial charge on any atom is -0.384 e. The number of carbonyl (C=O) groups excluding carboxylic acids is 1. The first kappa shape index (κ1) is 13.7. The van der Waals surface area contributed by atoms with Crippen molar-refractivity contribution in [3.63, 3.8) is 0 Å². The number of nitrogen functional groups attached to an aromatic ring is 1. The Morgan fingerprint density at radius 1 is 1.43 bits per heavy atom. The zero-order chi connectivity index (χ0) is 14.8. The van der Waals surface area contributed by atoms with E-state index in [4.69, 9.17) is 5.73 Å². The summed E-state index contributed by atoms with van der Waals surface area (Å²) in [5, 5.41) is 7.06. The molecule has 1 atom stereocenters. The van der Waals surface area contributed by atoms with Crippen molar-refractivity contribution in [3.8, 4) is 0 Å². The third-order valence-electron chi connectivity index (χ3n) is 4.24. The second-order valence-electron chi connectivity index (χ2n) is 5.60. The number of aryl methyl sites for hydroxylation is 2. The monoisotopic (exact) mass is 284 g/mol. The highest BCUT2D eigenvalue weighted by atomic mass is 16.1. The van der Waals surface area contributed by atoms with Crippen LogP contribution in [-0.2, 0) is 31.2 Å². The zero-order valence-corrected chi connectivity index (χ0v) is 12.2. The molecule has 1 aliphatic rings. The van der Waals surface area contributed by atoms with Crippen molar-refractivity contribution in [3.05, 3.63) is 47.2 Å². The lowest BCUT2D eigenvalue weighted by Crippen LogP contribution is -2.33. The molecular weight excluding hydrogens is 264 g/mol. The largest absolute Gasteiger partial charge is 0.384 e. The number of nitrogens with one attached hydrogen (secondary N) is 1. The lowest BCUT2D eigenvalue weighted by atomic mass is 9.83. The highest BCUT2D eigenvalue weighted by Gasteiger charge is 2.24. The van der Waals surface area contributed by atoms with Crippen LogP contribution in [0.5, 0.6) is 0 Å². The average Bonchev–Trinajstić information content (AvgIpc) is 2.84. The number of benzene rings is 1. The smallest absolute Gasteiger partial charge is 0.223 e. The van der Waals surface area contributed by atoms with E-state index in [0.29, 0.717) is 12.4 Å². The minimum atomic E-state index is 0.0535. The quantitative estimate of drug-likeness (QED) is 0.895. The Hall–Kier alpha value is -2.30. The first-order valence-electron chi connectivity index (χ1n) is 7.26. The van der Waals surface area contributed by atoms with Crippen LogP contribution >= 0.6 is 0 Å². The van der Waals surface area contributed by atoms with E-state index in [1.54, 1.807) is 17.9 Å². The number of fused-ring (bicyclic) bond motifs is 1. The SMILES string of the molecule is Cn1ncc(CNC(=O)C2CCc3ccccc3C2)c1N. The molecule has 5 heteroatoms. The molecule has 1 unspecified atom stereocenters. The van der Waals surface area contributed by atoms with Gasteiger partial charge in [0.1, 0.15) is 5.82 Å². The van der Waals surface area contributed by atoms with E-state index < -0.39 is 0 Å². The number of aromatic nitrogens is 2. The summed E-state index contributed by atoms with van der Waals surface area (Å²) in [5.74, 6) is 0.759. The topological polar surface area (TPSA) is 72.9 Å². The van der Waals surface area contributed by atoms with Crippen molar-refractivity contribution < 1.29 is 4.79 Å². The Morgan fingerprint density at radius 3 is 2.90 bits per heavy atom. The summed E-state index contributed by atoms with van der Waals surface area (Å²) in [6, 6.07) is 8.37. The fourth-order valence-corrected chi connectivity index (χ4v) is 2.88. The molecular formula is C16H20N4O. The Morgan fingerprint density at radius 2 is 2.19 bits per heavy atom. The summed E-state index contributed by atoms with van der Waals surface area (Å²) in [6.45, 7) is 0.441. The van der Waals surface area contributed by atoms with Crippen LogP contribution in [0.15, 0.2) is 30.5 Å². The van der Waals surface area contributed by atoms with E-state index >= 15 is 0 Å². The summed E-state index contributed by atoms with van der Waals surface area (Å²) in [7, 11) is 1.79. The molecule has 1 heterocycles. The predicted molar refractivity (Wildman–Crippen MR) is 81.4 cm³/mol. The summed E-state index contributed by atoms with van der Waals surface area (Å²) >= 11 is 0. The van der Waals surface area contributed by atoms with Crippen LogP contribution in [0.2, 0.25) is 0 Å². The molecule has 110 valence electrons. The fourth-order valence-electron chi connectivity index (χ4n) is 2.88. The van der Waals surface area contributed by atoms with Gasteiger partial charge in [-0.2, -0.15) is 5.10 Å². The highest BCUT2D eigenvalue weighted by molar-refractivity contribution is 5.79. The van der Waals surface area contributed by atoms with Gasteiger partial charge in [0.15, 0.2) is 0 Å². The fraction of sp³-hybridized carbons (Fsp3) is 0.375. The maximum absolute atomic E-state index is 12.3. The maximum atomic E-state index is 12.3. The van der Waals surface area contributed by atoms with Crippen molar-refractivity contribution in [1.82, 2.24) is 15.1 Å². The van der Waals surface area contributed by atoms with Gasteiger partial charge in [-0.25, -0.2) is 0 Å². The van der Waals surface area contributed by atoms with Crippen LogP contribution in [0.4, 0.5) is 5.82 Å². The molecule has 3 rings (SSSR count). The van der Waals surface area contributed by atoms with Gasteiger partial charge < -0.3 is 11.1 Å². The molecule has 21 heavy (non-hydrogen) atoms. The highest BCUT2D eigenvalue weighted by Crippen LogP contribution is 2.25. The number of anilines is 1. The van der Waals surface area contributed by atoms with Crippen LogP contribution < -0.4 is 11.1 Å². The Kier molecular flexibility index (Phi) is 3.64. The lowest BCUT2D eigenvalue weighted by molar-refractivity contribution is -0.125. The van der Waals surface area contributed by atoms with Gasteiger partial charge in [-0.1, -0.05) is 24.3 Å². The molecule has 0 saturated heterocycles. The van der Waals surface area contributed by atoms with Crippen LogP contribution in [0, 0.1) is 5.92 Å². The van der Waals surface area contributed by atoms with Crippen LogP contribution in [0.3, 0.4) is 0 Å². The average molecular weight is 284 g/mol. The van der Waals surface area contributed by atoms with Gasteiger partial charge in [-0.3, -0.25) is 9.48 Å².